The molecule has 3 N–H and O–H groups in total. The Morgan fingerprint density at radius 1 is 1.47 bits per heavy atom. The Morgan fingerprint density at radius 2 is 2.06 bits per heavy atom. The Labute approximate surface area is 106 Å². The Kier molecular flexibility index (Phi) is 7.39. The zero-order valence-corrected chi connectivity index (χ0v) is 12.0. The van der Waals surface area contributed by atoms with Gasteiger partial charge in [0.25, 0.3) is 0 Å². The van der Waals surface area contributed by atoms with Crippen LogP contribution in [-0.4, -0.2) is 43.0 Å². The second kappa shape index (κ2) is 7.67. The van der Waals surface area contributed by atoms with Crippen LogP contribution >= 0.6 is 0 Å². The monoisotopic (exact) mass is 243 g/mol. The highest BCUT2D eigenvalue weighted by atomic mass is 16.1. The molecule has 0 bridgehead atoms. The van der Waals surface area contributed by atoms with Gasteiger partial charge in [0.2, 0.25) is 5.91 Å². The Balaban J connectivity index is 4.21. The van der Waals surface area contributed by atoms with Crippen LogP contribution in [0.15, 0.2) is 0 Å². The minimum Gasteiger partial charge on any atom is -0.368 e. The molecule has 1 amide bonds. The molecule has 17 heavy (non-hydrogen) atoms. The molecule has 0 rings (SSSR count). The van der Waals surface area contributed by atoms with Gasteiger partial charge >= 0.3 is 0 Å². The molecule has 0 spiro atoms. The van der Waals surface area contributed by atoms with Crippen molar-refractivity contribution in [1.82, 2.24) is 10.2 Å². The average molecular weight is 243 g/mol. The molecule has 0 aromatic rings. The lowest BCUT2D eigenvalue weighted by Crippen LogP contribution is -2.54. The molecule has 0 aromatic carbocycles. The smallest absolute Gasteiger partial charge is 0.237 e. The van der Waals surface area contributed by atoms with E-state index in [0.29, 0.717) is 5.92 Å². The molecule has 0 fully saturated rings. The molecule has 0 heterocycles. The maximum Gasteiger partial charge on any atom is 0.237 e. The summed E-state index contributed by atoms with van der Waals surface area (Å²) < 4.78 is 0. The molecule has 1 unspecified atom stereocenters. The molecule has 0 radical (unpaired) electrons. The zero-order chi connectivity index (χ0) is 13.5. The predicted octanol–water partition coefficient (Wildman–Crippen LogP) is 1.21. The SMILES string of the molecule is CCCNC(C)(CCN(C)CC(C)C)C(N)=O. The molecule has 0 aliphatic rings. The maximum absolute atomic E-state index is 11.5. The molecule has 1 atom stereocenters. The highest BCUT2D eigenvalue weighted by molar-refractivity contribution is 5.84. The maximum atomic E-state index is 11.5. The van der Waals surface area contributed by atoms with Gasteiger partial charge in [0.05, 0.1) is 5.54 Å². The fourth-order valence-corrected chi connectivity index (χ4v) is 1.83. The fourth-order valence-electron chi connectivity index (χ4n) is 1.83. The first kappa shape index (κ1) is 16.4. The van der Waals surface area contributed by atoms with Crippen LogP contribution in [0.5, 0.6) is 0 Å². The summed E-state index contributed by atoms with van der Waals surface area (Å²) in [5.74, 6) is 0.382. The van der Waals surface area contributed by atoms with Crippen LogP contribution in [0.1, 0.15) is 40.5 Å². The average Bonchev–Trinajstić information content (AvgIpc) is 2.22. The van der Waals surface area contributed by atoms with Gasteiger partial charge in [-0.2, -0.15) is 0 Å². The lowest BCUT2D eigenvalue weighted by Gasteiger charge is -2.30. The van der Waals surface area contributed by atoms with Crippen LogP contribution in [0.3, 0.4) is 0 Å². The van der Waals surface area contributed by atoms with E-state index in [1.54, 1.807) is 0 Å². The molecule has 0 saturated heterocycles. The zero-order valence-electron chi connectivity index (χ0n) is 12.0. The summed E-state index contributed by atoms with van der Waals surface area (Å²) in [6.07, 6.45) is 1.76. The van der Waals surface area contributed by atoms with Gasteiger partial charge in [0.15, 0.2) is 0 Å². The topological polar surface area (TPSA) is 58.4 Å². The number of carbonyl (C=O) groups excluding carboxylic acids is 1. The summed E-state index contributed by atoms with van der Waals surface area (Å²) in [6.45, 7) is 11.1. The normalized spacial score (nSPS) is 15.2. The molecule has 4 heteroatoms. The molecular formula is C13H29N3O. The van der Waals surface area contributed by atoms with E-state index in [1.165, 1.54) is 0 Å². The highest BCUT2D eigenvalue weighted by Gasteiger charge is 2.29. The van der Waals surface area contributed by atoms with Gasteiger partial charge < -0.3 is 16.0 Å². The summed E-state index contributed by atoms with van der Waals surface area (Å²) in [5.41, 5.74) is 4.90. The number of amides is 1. The van der Waals surface area contributed by atoms with E-state index in [4.69, 9.17) is 5.73 Å². The van der Waals surface area contributed by atoms with Crippen LogP contribution in [0, 0.1) is 5.92 Å². The molecule has 0 saturated carbocycles. The summed E-state index contributed by atoms with van der Waals surface area (Å²) in [6, 6.07) is 0. The van der Waals surface area contributed by atoms with Crippen LogP contribution in [-0.2, 0) is 4.79 Å². The van der Waals surface area contributed by atoms with E-state index in [0.717, 1.165) is 32.5 Å². The second-order valence-corrected chi connectivity index (χ2v) is 5.53. The van der Waals surface area contributed by atoms with E-state index in [2.05, 4.69) is 38.0 Å². The van der Waals surface area contributed by atoms with Gasteiger partial charge in [0, 0.05) is 13.1 Å². The minimum atomic E-state index is -0.582. The fraction of sp³-hybridized carbons (Fsp3) is 0.923. The van der Waals surface area contributed by atoms with Gasteiger partial charge in [-0.25, -0.2) is 0 Å². The quantitative estimate of drug-likeness (QED) is 0.640. The van der Waals surface area contributed by atoms with Crippen molar-refractivity contribution in [2.75, 3.05) is 26.7 Å². The van der Waals surface area contributed by atoms with Gasteiger partial charge in [-0.05, 0) is 39.3 Å². The van der Waals surface area contributed by atoms with E-state index in [-0.39, 0.29) is 5.91 Å². The number of nitrogens with two attached hydrogens (primary N) is 1. The molecule has 4 nitrogen and oxygen atoms in total. The second-order valence-electron chi connectivity index (χ2n) is 5.53. The number of carbonyl (C=O) groups is 1. The molecule has 0 aliphatic heterocycles. The summed E-state index contributed by atoms with van der Waals surface area (Å²) in [7, 11) is 2.08. The van der Waals surface area contributed by atoms with Crippen molar-refractivity contribution in [3.63, 3.8) is 0 Å². The van der Waals surface area contributed by atoms with Crippen LogP contribution in [0.4, 0.5) is 0 Å². The molecule has 0 aliphatic carbocycles. The molecule has 0 aromatic heterocycles. The van der Waals surface area contributed by atoms with Crippen molar-refractivity contribution in [3.05, 3.63) is 0 Å². The lowest BCUT2D eigenvalue weighted by atomic mass is 9.96. The third-order valence-corrected chi connectivity index (χ3v) is 2.98. The van der Waals surface area contributed by atoms with Crippen LogP contribution < -0.4 is 11.1 Å². The van der Waals surface area contributed by atoms with Crippen molar-refractivity contribution < 1.29 is 4.79 Å². The minimum absolute atomic E-state index is 0.260. The van der Waals surface area contributed by atoms with Gasteiger partial charge in [-0.1, -0.05) is 20.8 Å². The number of hydrogen-bond acceptors (Lipinski definition) is 3. The summed E-state index contributed by atoms with van der Waals surface area (Å²) in [4.78, 5) is 13.8. The largest absolute Gasteiger partial charge is 0.368 e. The predicted molar refractivity (Wildman–Crippen MR) is 72.8 cm³/mol. The third-order valence-electron chi connectivity index (χ3n) is 2.98. The van der Waals surface area contributed by atoms with E-state index in [1.807, 2.05) is 6.92 Å². The van der Waals surface area contributed by atoms with Crippen molar-refractivity contribution in [2.45, 2.75) is 46.1 Å². The molecular weight excluding hydrogens is 214 g/mol. The third kappa shape index (κ3) is 6.64. The number of nitrogens with zero attached hydrogens (tertiary/aromatic N) is 1. The number of hydrogen-bond donors (Lipinski definition) is 2. The first-order chi connectivity index (χ1) is 7.81. The van der Waals surface area contributed by atoms with Gasteiger partial charge in [-0.15, -0.1) is 0 Å². The van der Waals surface area contributed by atoms with Gasteiger partial charge in [-0.3, -0.25) is 4.79 Å². The van der Waals surface area contributed by atoms with Crippen molar-refractivity contribution in [3.8, 4) is 0 Å². The number of rotatable bonds is 9. The van der Waals surface area contributed by atoms with Crippen molar-refractivity contribution in [1.29, 1.82) is 0 Å². The van der Waals surface area contributed by atoms with Crippen LogP contribution in [0.2, 0.25) is 0 Å². The van der Waals surface area contributed by atoms with Crippen molar-refractivity contribution in [2.24, 2.45) is 11.7 Å². The Bertz CT molecular complexity index is 231. The summed E-state index contributed by atoms with van der Waals surface area (Å²) >= 11 is 0. The van der Waals surface area contributed by atoms with Gasteiger partial charge in [0.1, 0.15) is 0 Å². The van der Waals surface area contributed by atoms with E-state index in [9.17, 15) is 4.79 Å². The van der Waals surface area contributed by atoms with E-state index < -0.39 is 5.54 Å². The highest BCUT2D eigenvalue weighted by Crippen LogP contribution is 2.10. The first-order valence-electron chi connectivity index (χ1n) is 6.55. The number of nitrogens with one attached hydrogen (secondary N) is 1. The Hall–Kier alpha value is -0.610. The molecule has 102 valence electrons. The van der Waals surface area contributed by atoms with Crippen LogP contribution in [0.25, 0.3) is 0 Å². The first-order valence-corrected chi connectivity index (χ1v) is 6.55. The van der Waals surface area contributed by atoms with E-state index >= 15 is 0 Å². The standard InChI is InChI=1S/C13H29N3O/c1-6-8-15-13(4,12(14)17)7-9-16(5)10-11(2)3/h11,15H,6-10H2,1-5H3,(H2,14,17). The summed E-state index contributed by atoms with van der Waals surface area (Å²) in [5, 5.41) is 3.25. The van der Waals surface area contributed by atoms with Crippen molar-refractivity contribution >= 4 is 5.91 Å². The number of primary amides is 1. The lowest BCUT2D eigenvalue weighted by molar-refractivity contribution is -0.124. The Morgan fingerprint density at radius 3 is 2.47 bits per heavy atom.